The molecule has 0 bridgehead atoms. The zero-order chi connectivity index (χ0) is 29.8. The van der Waals surface area contributed by atoms with Gasteiger partial charge in [-0.25, -0.2) is 0 Å². The normalized spacial score (nSPS) is 10.0. The number of carbonyl (C=O) groups excluding carboxylic acids is 1. The van der Waals surface area contributed by atoms with Crippen LogP contribution in [0, 0.1) is 6.42 Å². The van der Waals surface area contributed by atoms with Crippen molar-refractivity contribution in [3.63, 3.8) is 0 Å². The number of benzene rings is 4. The predicted molar refractivity (Wildman–Crippen MR) is 188 cm³/mol. The zero-order valence-corrected chi connectivity index (χ0v) is 28.9. The fourth-order valence-corrected chi connectivity index (χ4v) is 8.93. The van der Waals surface area contributed by atoms with Gasteiger partial charge in [-0.1, -0.05) is 146 Å². The molecule has 1 heterocycles. The molecule has 6 heteroatoms. The standard InChI is InChI=1S/C29H29P2.C5H5NS.C3H6O.Pd/c1-6-16-26(17-7-1)30(27-18-8-2-9-19-27)24-14-5-15-25-31(28-20-10-3-11-21-28)29-22-12-4-13-23-29;7-5-1-3-6-4-2-5;1-3(2)4;/h1-13,16-23H,14-15,24-25H2;1-4H,(H,6,7);1-2H3;/q-1;;;+2/p-1. The van der Waals surface area contributed by atoms with Gasteiger partial charge in [0.15, 0.2) is 0 Å². The number of pyridine rings is 1. The van der Waals surface area contributed by atoms with Crippen molar-refractivity contribution in [2.75, 3.05) is 12.3 Å². The first-order valence-corrected chi connectivity index (χ1v) is 17.6. The van der Waals surface area contributed by atoms with Gasteiger partial charge in [0.05, 0.1) is 0 Å². The second kappa shape index (κ2) is 22.0. The average molecular weight is 714 g/mol. The van der Waals surface area contributed by atoms with E-state index in [9.17, 15) is 4.79 Å². The third-order valence-corrected chi connectivity index (χ3v) is 11.4. The van der Waals surface area contributed by atoms with Crippen LogP contribution in [0.4, 0.5) is 0 Å². The maximum absolute atomic E-state index is 9.44. The van der Waals surface area contributed by atoms with Crippen molar-refractivity contribution >= 4 is 55.5 Å². The zero-order valence-electron chi connectivity index (χ0n) is 24.7. The maximum atomic E-state index is 9.44. The second-order valence-electron chi connectivity index (χ2n) is 9.60. The number of unbranched alkanes of at least 4 members (excludes halogenated alkanes) is 2. The van der Waals surface area contributed by atoms with E-state index < -0.39 is 0 Å². The first-order valence-electron chi connectivity index (χ1n) is 14.2. The van der Waals surface area contributed by atoms with Crippen molar-refractivity contribution in [2.24, 2.45) is 0 Å². The molecule has 0 aliphatic rings. The van der Waals surface area contributed by atoms with Crippen molar-refractivity contribution < 1.29 is 25.2 Å². The Bertz CT molecular complexity index is 1230. The summed E-state index contributed by atoms with van der Waals surface area (Å²) in [6.45, 7) is 3.06. The largest absolute Gasteiger partial charge is 2.00 e. The molecule has 0 N–H and O–H groups in total. The van der Waals surface area contributed by atoms with E-state index in [1.165, 1.54) is 60.2 Å². The molecule has 0 amide bonds. The van der Waals surface area contributed by atoms with Crippen LogP contribution in [0.15, 0.2) is 151 Å². The van der Waals surface area contributed by atoms with Crippen molar-refractivity contribution in [3.05, 3.63) is 152 Å². The van der Waals surface area contributed by atoms with E-state index in [1.54, 1.807) is 24.5 Å². The van der Waals surface area contributed by atoms with E-state index in [2.05, 4.69) is 133 Å². The molecule has 2 nitrogen and oxygen atoms in total. The van der Waals surface area contributed by atoms with Crippen LogP contribution in [-0.4, -0.2) is 23.1 Å². The van der Waals surface area contributed by atoms with Crippen LogP contribution >= 0.6 is 15.8 Å². The van der Waals surface area contributed by atoms with Crippen LogP contribution in [-0.2, 0) is 37.8 Å². The number of hydrogen-bond donors (Lipinski definition) is 0. The summed E-state index contributed by atoms with van der Waals surface area (Å²) < 4.78 is 0. The van der Waals surface area contributed by atoms with Gasteiger partial charge in [-0.15, -0.1) is 0 Å². The van der Waals surface area contributed by atoms with E-state index in [-0.39, 0.29) is 42.0 Å². The van der Waals surface area contributed by atoms with Crippen molar-refractivity contribution in [3.8, 4) is 0 Å². The van der Waals surface area contributed by atoms with Gasteiger partial charge in [0.1, 0.15) is 5.78 Å². The molecule has 5 aromatic rings. The number of hydrogen-bond acceptors (Lipinski definition) is 3. The van der Waals surface area contributed by atoms with Crippen LogP contribution in [0.1, 0.15) is 26.7 Å². The minimum atomic E-state index is -0.296. The van der Waals surface area contributed by atoms with Crippen molar-refractivity contribution in [1.82, 2.24) is 4.98 Å². The average Bonchev–Trinajstić information content (AvgIpc) is 3.03. The number of rotatable bonds is 10. The fourth-order valence-electron chi connectivity index (χ4n) is 4.17. The first-order chi connectivity index (χ1) is 20.5. The maximum Gasteiger partial charge on any atom is 2.00 e. The Hall–Kier alpha value is -2.56. The third-order valence-electron chi connectivity index (χ3n) is 6.03. The Labute approximate surface area is 280 Å². The van der Waals surface area contributed by atoms with Crippen LogP contribution < -0.4 is 21.2 Å². The molecule has 0 atom stereocenters. The summed E-state index contributed by atoms with van der Waals surface area (Å²) in [5, 5.41) is 5.92. The molecule has 224 valence electrons. The van der Waals surface area contributed by atoms with E-state index in [0.717, 1.165) is 4.90 Å². The Morgan fingerprint density at radius 1 is 0.581 bits per heavy atom. The number of carbonyl (C=O) groups is 1. The molecule has 0 unspecified atom stereocenters. The van der Waals surface area contributed by atoms with Gasteiger partial charge in [-0.05, 0) is 50.9 Å². The van der Waals surface area contributed by atoms with Gasteiger partial charge in [0.2, 0.25) is 0 Å². The topological polar surface area (TPSA) is 30.0 Å². The summed E-state index contributed by atoms with van der Waals surface area (Å²) in [7, 11) is -0.593. The Morgan fingerprint density at radius 2 is 0.860 bits per heavy atom. The molecule has 0 aliphatic heterocycles. The minimum Gasteiger partial charge on any atom is -0.780 e. The summed E-state index contributed by atoms with van der Waals surface area (Å²) in [5.41, 5.74) is 0. The van der Waals surface area contributed by atoms with Crippen LogP contribution in [0.25, 0.3) is 0 Å². The summed E-state index contributed by atoms with van der Waals surface area (Å²) in [5.74, 6) is 0.167. The predicted octanol–water partition coefficient (Wildman–Crippen LogP) is 7.82. The quantitative estimate of drug-likeness (QED) is 0.0487. The van der Waals surface area contributed by atoms with E-state index in [1.807, 2.05) is 0 Å². The SMILES string of the molecule is CC(C)=O.[Pd+2].[S-]c1ccncc1.c1ccc(P(CC[CH-]CCP(c2ccccc2)c2ccccc2)c2ccccc2)cc1. The Kier molecular flexibility index (Phi) is 18.8. The van der Waals surface area contributed by atoms with Gasteiger partial charge < -0.3 is 23.8 Å². The van der Waals surface area contributed by atoms with E-state index in [0.29, 0.717) is 0 Å². The third kappa shape index (κ3) is 14.6. The first kappa shape index (κ1) is 36.6. The van der Waals surface area contributed by atoms with Gasteiger partial charge in [-0.2, -0.15) is 17.7 Å². The molecule has 0 saturated heterocycles. The van der Waals surface area contributed by atoms with Crippen LogP contribution in [0.5, 0.6) is 0 Å². The van der Waals surface area contributed by atoms with Gasteiger partial charge in [0.25, 0.3) is 0 Å². The summed E-state index contributed by atoms with van der Waals surface area (Å²) in [4.78, 5) is 14.1. The summed E-state index contributed by atoms with van der Waals surface area (Å²) in [6, 6.07) is 47.8. The number of Topliss-reactive ketones (excluding diaryl/α,β-unsaturated/α-hetero) is 1. The molecule has 4 aromatic carbocycles. The van der Waals surface area contributed by atoms with Gasteiger partial charge >= 0.3 is 20.4 Å². The minimum absolute atomic E-state index is 0. The molecule has 1 aromatic heterocycles. The molecule has 0 fully saturated rings. The molecule has 43 heavy (non-hydrogen) atoms. The smallest absolute Gasteiger partial charge is 0.780 e. The second-order valence-corrected chi connectivity index (χ2v) is 14.7. The number of aromatic nitrogens is 1. The molecule has 5 rings (SSSR count). The molecule has 0 aliphatic carbocycles. The van der Waals surface area contributed by atoms with Crippen molar-refractivity contribution in [2.45, 2.75) is 31.6 Å². The van der Waals surface area contributed by atoms with Gasteiger partial charge in [-0.3, -0.25) is 4.98 Å². The molecular formula is C37H39NOP2PdS. The molecular weight excluding hydrogens is 675 g/mol. The van der Waals surface area contributed by atoms with Crippen molar-refractivity contribution in [1.29, 1.82) is 0 Å². The Balaban J connectivity index is 0.000000455. The van der Waals surface area contributed by atoms with Crippen LogP contribution in [0.3, 0.4) is 0 Å². The fraction of sp³-hybridized carbons (Fsp3) is 0.162. The number of ketones is 1. The molecule has 0 saturated carbocycles. The van der Waals surface area contributed by atoms with E-state index in [4.69, 9.17) is 12.6 Å². The molecule has 0 spiro atoms. The van der Waals surface area contributed by atoms with E-state index >= 15 is 0 Å². The monoisotopic (exact) mass is 713 g/mol. The summed E-state index contributed by atoms with van der Waals surface area (Å²) >= 11 is 4.77. The Morgan fingerprint density at radius 3 is 1.09 bits per heavy atom. The molecule has 0 radical (unpaired) electrons. The summed E-state index contributed by atoms with van der Waals surface area (Å²) in [6.07, 6.45) is 10.7. The van der Waals surface area contributed by atoms with Gasteiger partial charge in [0, 0.05) is 12.4 Å². The number of nitrogens with zero attached hydrogens (tertiary/aromatic N) is 1. The van der Waals surface area contributed by atoms with Crippen LogP contribution in [0.2, 0.25) is 0 Å².